The average molecular weight is 239 g/mol. The van der Waals surface area contributed by atoms with Crippen molar-refractivity contribution in [3.05, 3.63) is 11.8 Å². The minimum absolute atomic E-state index is 0.133. The van der Waals surface area contributed by atoms with Crippen LogP contribution >= 0.6 is 0 Å². The summed E-state index contributed by atoms with van der Waals surface area (Å²) >= 11 is 0. The lowest BCUT2D eigenvalue weighted by atomic mass is 9.84. The molecule has 0 fully saturated rings. The van der Waals surface area contributed by atoms with Crippen LogP contribution in [0.25, 0.3) is 0 Å². The fourth-order valence-corrected chi connectivity index (χ4v) is 1.95. The molecule has 4 nitrogen and oxygen atoms in total. The molecule has 0 saturated carbocycles. The highest BCUT2D eigenvalue weighted by Gasteiger charge is 2.28. The Hall–Kier alpha value is -1.03. The van der Waals surface area contributed by atoms with Crippen LogP contribution in [0.4, 0.5) is 0 Å². The Bertz CT molecular complexity index is 352. The maximum Gasteiger partial charge on any atom is 0.211 e. The highest BCUT2D eigenvalue weighted by Crippen LogP contribution is 2.33. The Morgan fingerprint density at radius 1 is 1.47 bits per heavy atom. The van der Waals surface area contributed by atoms with Crippen LogP contribution in [0.15, 0.2) is 6.07 Å². The number of nitrogens with one attached hydrogen (secondary N) is 1. The first-order valence-corrected chi connectivity index (χ1v) is 6.21. The molecule has 0 radical (unpaired) electrons. The minimum atomic E-state index is 0.133. The van der Waals surface area contributed by atoms with Gasteiger partial charge in [0.2, 0.25) is 5.88 Å². The first-order valence-electron chi connectivity index (χ1n) is 6.21. The third kappa shape index (κ3) is 3.46. The highest BCUT2D eigenvalue weighted by molar-refractivity contribution is 5.20. The van der Waals surface area contributed by atoms with Gasteiger partial charge < -0.3 is 10.1 Å². The fourth-order valence-electron chi connectivity index (χ4n) is 1.95. The summed E-state index contributed by atoms with van der Waals surface area (Å²) in [6, 6.07) is 2.26. The third-order valence-corrected chi connectivity index (χ3v) is 2.83. The second-order valence-corrected chi connectivity index (χ2v) is 5.49. The van der Waals surface area contributed by atoms with E-state index >= 15 is 0 Å². The van der Waals surface area contributed by atoms with Gasteiger partial charge in [-0.25, -0.2) is 4.68 Å². The van der Waals surface area contributed by atoms with E-state index in [2.05, 4.69) is 38.1 Å². The maximum atomic E-state index is 5.27. The molecule has 0 saturated heterocycles. The summed E-state index contributed by atoms with van der Waals surface area (Å²) in [5.74, 6) is 0.799. The maximum absolute atomic E-state index is 5.27. The second-order valence-electron chi connectivity index (χ2n) is 5.49. The van der Waals surface area contributed by atoms with Crippen LogP contribution in [-0.4, -0.2) is 23.4 Å². The average Bonchev–Trinajstić information content (AvgIpc) is 2.58. The quantitative estimate of drug-likeness (QED) is 0.858. The SMILES string of the molecule is CCCNC(c1cc(OC)n(C)n1)C(C)(C)C. The zero-order valence-corrected chi connectivity index (χ0v) is 11.9. The van der Waals surface area contributed by atoms with Gasteiger partial charge in [-0.15, -0.1) is 0 Å². The molecule has 0 aliphatic rings. The molecule has 0 aromatic carbocycles. The van der Waals surface area contributed by atoms with Crippen molar-refractivity contribution in [2.75, 3.05) is 13.7 Å². The summed E-state index contributed by atoms with van der Waals surface area (Å²) in [6.07, 6.45) is 1.12. The van der Waals surface area contributed by atoms with Crippen molar-refractivity contribution in [2.45, 2.75) is 40.2 Å². The molecule has 17 heavy (non-hydrogen) atoms. The number of rotatable bonds is 5. The summed E-state index contributed by atoms with van der Waals surface area (Å²) in [5, 5.41) is 8.09. The zero-order chi connectivity index (χ0) is 13.1. The van der Waals surface area contributed by atoms with Gasteiger partial charge in [0.25, 0.3) is 0 Å². The van der Waals surface area contributed by atoms with Crippen molar-refractivity contribution < 1.29 is 4.74 Å². The topological polar surface area (TPSA) is 39.1 Å². The summed E-state index contributed by atoms with van der Waals surface area (Å²) in [6.45, 7) is 9.84. The number of nitrogens with zero attached hydrogens (tertiary/aromatic N) is 2. The molecule has 1 rings (SSSR count). The standard InChI is InChI=1S/C13H25N3O/c1-7-8-14-12(13(2,3)4)10-9-11(17-6)16(5)15-10/h9,12,14H,7-8H2,1-6H3. The van der Waals surface area contributed by atoms with E-state index in [1.165, 1.54) is 0 Å². The molecular formula is C13H25N3O. The second kappa shape index (κ2) is 5.54. The molecule has 1 unspecified atom stereocenters. The van der Waals surface area contributed by atoms with Crippen LogP contribution in [-0.2, 0) is 7.05 Å². The highest BCUT2D eigenvalue weighted by atomic mass is 16.5. The van der Waals surface area contributed by atoms with Gasteiger partial charge in [-0.2, -0.15) is 5.10 Å². The molecule has 0 bridgehead atoms. The molecule has 0 aliphatic carbocycles. The van der Waals surface area contributed by atoms with Crippen LogP contribution in [0.3, 0.4) is 0 Å². The number of ether oxygens (including phenoxy) is 1. The van der Waals surface area contributed by atoms with Gasteiger partial charge in [-0.3, -0.25) is 0 Å². The predicted molar refractivity (Wildman–Crippen MR) is 70.2 cm³/mol. The molecule has 0 spiro atoms. The molecule has 0 aliphatic heterocycles. The number of aryl methyl sites for hydroxylation is 1. The first-order chi connectivity index (χ1) is 7.90. The van der Waals surface area contributed by atoms with E-state index in [0.717, 1.165) is 24.5 Å². The Labute approximate surface area is 104 Å². The number of hydrogen-bond donors (Lipinski definition) is 1. The zero-order valence-electron chi connectivity index (χ0n) is 11.9. The molecule has 1 aromatic rings. The van der Waals surface area contributed by atoms with Gasteiger partial charge in [-0.1, -0.05) is 27.7 Å². The normalized spacial score (nSPS) is 13.8. The van der Waals surface area contributed by atoms with E-state index in [-0.39, 0.29) is 11.5 Å². The van der Waals surface area contributed by atoms with Gasteiger partial charge in [0.15, 0.2) is 0 Å². The lowest BCUT2D eigenvalue weighted by Gasteiger charge is -2.30. The van der Waals surface area contributed by atoms with Crippen molar-refractivity contribution in [2.24, 2.45) is 12.5 Å². The van der Waals surface area contributed by atoms with Gasteiger partial charge in [-0.05, 0) is 18.4 Å². The van der Waals surface area contributed by atoms with Gasteiger partial charge in [0, 0.05) is 13.1 Å². The lowest BCUT2D eigenvalue weighted by Crippen LogP contribution is -2.33. The van der Waals surface area contributed by atoms with Gasteiger partial charge in [0.1, 0.15) is 0 Å². The van der Waals surface area contributed by atoms with E-state index in [1.54, 1.807) is 11.8 Å². The fraction of sp³-hybridized carbons (Fsp3) is 0.769. The molecule has 1 N–H and O–H groups in total. The van der Waals surface area contributed by atoms with Crippen molar-refractivity contribution in [3.8, 4) is 5.88 Å². The Kier molecular flexibility index (Phi) is 4.57. The monoisotopic (exact) mass is 239 g/mol. The van der Waals surface area contributed by atoms with E-state index in [9.17, 15) is 0 Å². The molecule has 1 atom stereocenters. The van der Waals surface area contributed by atoms with Gasteiger partial charge in [0.05, 0.1) is 18.8 Å². The lowest BCUT2D eigenvalue weighted by molar-refractivity contribution is 0.267. The summed E-state index contributed by atoms with van der Waals surface area (Å²) in [5.41, 5.74) is 1.18. The Morgan fingerprint density at radius 3 is 2.53 bits per heavy atom. The largest absolute Gasteiger partial charge is 0.481 e. The summed E-state index contributed by atoms with van der Waals surface area (Å²) in [4.78, 5) is 0. The van der Waals surface area contributed by atoms with Crippen LogP contribution in [0.5, 0.6) is 5.88 Å². The van der Waals surface area contributed by atoms with E-state index in [4.69, 9.17) is 4.74 Å². The molecule has 0 amide bonds. The summed E-state index contributed by atoms with van der Waals surface area (Å²) in [7, 11) is 3.58. The van der Waals surface area contributed by atoms with Crippen LogP contribution in [0, 0.1) is 5.41 Å². The summed E-state index contributed by atoms with van der Waals surface area (Å²) < 4.78 is 7.05. The van der Waals surface area contributed by atoms with Gasteiger partial charge >= 0.3 is 0 Å². The van der Waals surface area contributed by atoms with Crippen molar-refractivity contribution in [1.82, 2.24) is 15.1 Å². The molecule has 1 heterocycles. The Morgan fingerprint density at radius 2 is 2.12 bits per heavy atom. The van der Waals surface area contributed by atoms with Crippen molar-refractivity contribution >= 4 is 0 Å². The number of methoxy groups -OCH3 is 1. The molecule has 1 aromatic heterocycles. The van der Waals surface area contributed by atoms with E-state index in [1.807, 2.05) is 13.1 Å². The number of hydrogen-bond acceptors (Lipinski definition) is 3. The van der Waals surface area contributed by atoms with Crippen LogP contribution in [0.2, 0.25) is 0 Å². The predicted octanol–water partition coefficient (Wildman–Crippen LogP) is 2.52. The minimum Gasteiger partial charge on any atom is -0.481 e. The van der Waals surface area contributed by atoms with E-state index in [0.29, 0.717) is 0 Å². The third-order valence-electron chi connectivity index (χ3n) is 2.83. The molecule has 4 heteroatoms. The van der Waals surface area contributed by atoms with E-state index < -0.39 is 0 Å². The van der Waals surface area contributed by atoms with Crippen molar-refractivity contribution in [3.63, 3.8) is 0 Å². The van der Waals surface area contributed by atoms with Crippen LogP contribution < -0.4 is 10.1 Å². The Balaban J connectivity index is 2.96. The first kappa shape index (κ1) is 14.0. The number of aromatic nitrogens is 2. The smallest absolute Gasteiger partial charge is 0.211 e. The molecule has 98 valence electrons. The molecular weight excluding hydrogens is 214 g/mol. The van der Waals surface area contributed by atoms with Crippen molar-refractivity contribution in [1.29, 1.82) is 0 Å². The van der Waals surface area contributed by atoms with Crippen LogP contribution in [0.1, 0.15) is 45.9 Å².